The van der Waals surface area contributed by atoms with Crippen molar-refractivity contribution in [2.45, 2.75) is 26.7 Å². The zero-order chi connectivity index (χ0) is 21.1. The van der Waals surface area contributed by atoms with Gasteiger partial charge in [-0.2, -0.15) is 0 Å². The van der Waals surface area contributed by atoms with Crippen LogP contribution in [0.25, 0.3) is 21.6 Å². The van der Waals surface area contributed by atoms with Gasteiger partial charge in [-0.15, -0.1) is 0 Å². The van der Waals surface area contributed by atoms with Crippen LogP contribution in [0.15, 0.2) is 36.4 Å². The predicted octanol–water partition coefficient (Wildman–Crippen LogP) is 4.45. The smallest absolute Gasteiger partial charge is 0.225 e. The molecule has 1 aliphatic rings. The van der Waals surface area contributed by atoms with Crippen LogP contribution >= 0.6 is 11.3 Å². The summed E-state index contributed by atoms with van der Waals surface area (Å²) >= 11 is 1.63. The van der Waals surface area contributed by atoms with Gasteiger partial charge in [0.25, 0.3) is 0 Å². The second kappa shape index (κ2) is 9.00. The Hall–Kier alpha value is -2.67. The molecular formula is C23H28N4O2S. The molecule has 0 aliphatic carbocycles. The molecule has 2 aromatic heterocycles. The number of piperidine rings is 1. The molecule has 0 N–H and O–H groups in total. The molecule has 1 saturated heterocycles. The Morgan fingerprint density at radius 1 is 1.10 bits per heavy atom. The number of methoxy groups -OCH3 is 1. The van der Waals surface area contributed by atoms with Gasteiger partial charge >= 0.3 is 0 Å². The number of hydrogen-bond acceptors (Lipinski definition) is 6. The second-order valence-corrected chi connectivity index (χ2v) is 8.47. The molecule has 0 spiro atoms. The lowest BCUT2D eigenvalue weighted by Crippen LogP contribution is -2.42. The second-order valence-electron chi connectivity index (χ2n) is 7.52. The SMILES string of the molecule is CCN(CC)C(=O)C1CCN(c2nc3ccc(-c4ccc(OC)cc4)nc3s2)CC1. The fourth-order valence-electron chi connectivity index (χ4n) is 3.97. The first kappa shape index (κ1) is 20.6. The highest BCUT2D eigenvalue weighted by atomic mass is 32.1. The molecule has 0 radical (unpaired) electrons. The normalized spacial score (nSPS) is 14.8. The van der Waals surface area contributed by atoms with Crippen LogP contribution in [0.5, 0.6) is 5.75 Å². The summed E-state index contributed by atoms with van der Waals surface area (Å²) in [6, 6.07) is 12.0. The summed E-state index contributed by atoms with van der Waals surface area (Å²) in [5.41, 5.74) is 2.92. The van der Waals surface area contributed by atoms with Gasteiger partial charge in [-0.3, -0.25) is 4.79 Å². The van der Waals surface area contributed by atoms with Gasteiger partial charge in [0.05, 0.1) is 12.8 Å². The first-order valence-corrected chi connectivity index (χ1v) is 11.4. The molecule has 1 fully saturated rings. The molecule has 158 valence electrons. The minimum absolute atomic E-state index is 0.135. The number of anilines is 1. The number of carbonyl (C=O) groups is 1. The Kier molecular flexibility index (Phi) is 6.18. The lowest BCUT2D eigenvalue weighted by Gasteiger charge is -2.33. The molecule has 3 aromatic rings. The number of ether oxygens (including phenoxy) is 1. The van der Waals surface area contributed by atoms with Gasteiger partial charge in [0.15, 0.2) is 5.13 Å². The molecule has 30 heavy (non-hydrogen) atoms. The van der Waals surface area contributed by atoms with Crippen LogP contribution in [-0.4, -0.2) is 54.1 Å². The first-order chi connectivity index (χ1) is 14.6. The van der Waals surface area contributed by atoms with Crippen molar-refractivity contribution in [2.24, 2.45) is 5.92 Å². The fraction of sp³-hybridized carbons (Fsp3) is 0.435. The minimum atomic E-state index is 0.135. The standard InChI is InChI=1S/C23H28N4O2S/c1-4-26(5-2)22(28)17-12-14-27(15-13-17)23-25-20-11-10-19(24-21(20)30-23)16-6-8-18(29-3)9-7-16/h6-11,17H,4-5,12-15H2,1-3H3. The number of amides is 1. The van der Waals surface area contributed by atoms with Crippen LogP contribution < -0.4 is 9.64 Å². The van der Waals surface area contributed by atoms with Crippen molar-refractivity contribution in [1.82, 2.24) is 14.9 Å². The zero-order valence-electron chi connectivity index (χ0n) is 17.8. The Bertz CT molecular complexity index is 1010. The van der Waals surface area contributed by atoms with E-state index < -0.39 is 0 Å². The van der Waals surface area contributed by atoms with E-state index in [0.29, 0.717) is 5.91 Å². The molecule has 0 saturated carbocycles. The molecule has 0 unspecified atom stereocenters. The molecule has 6 nitrogen and oxygen atoms in total. The summed E-state index contributed by atoms with van der Waals surface area (Å²) in [4.78, 5) is 27.5. The number of carbonyl (C=O) groups excluding carboxylic acids is 1. The number of pyridine rings is 1. The third kappa shape index (κ3) is 4.12. The predicted molar refractivity (Wildman–Crippen MR) is 122 cm³/mol. The van der Waals surface area contributed by atoms with Crippen LogP contribution in [0.1, 0.15) is 26.7 Å². The summed E-state index contributed by atoms with van der Waals surface area (Å²) in [6.07, 6.45) is 1.77. The van der Waals surface area contributed by atoms with Crippen molar-refractivity contribution >= 4 is 32.7 Å². The van der Waals surface area contributed by atoms with Crippen molar-refractivity contribution in [1.29, 1.82) is 0 Å². The maximum absolute atomic E-state index is 12.6. The van der Waals surface area contributed by atoms with E-state index in [4.69, 9.17) is 14.7 Å². The summed E-state index contributed by atoms with van der Waals surface area (Å²) in [5.74, 6) is 1.27. The van der Waals surface area contributed by atoms with Crippen molar-refractivity contribution < 1.29 is 9.53 Å². The van der Waals surface area contributed by atoms with Crippen LogP contribution in [0.4, 0.5) is 5.13 Å². The molecule has 1 aromatic carbocycles. The molecule has 1 amide bonds. The molecule has 4 rings (SSSR count). The quantitative estimate of drug-likeness (QED) is 0.585. The molecule has 0 bridgehead atoms. The van der Waals surface area contributed by atoms with Gasteiger partial charge < -0.3 is 14.5 Å². The van der Waals surface area contributed by atoms with E-state index in [-0.39, 0.29) is 5.92 Å². The Labute approximate surface area is 181 Å². The number of rotatable bonds is 6. The number of hydrogen-bond donors (Lipinski definition) is 0. The molecule has 7 heteroatoms. The average Bonchev–Trinajstić information content (AvgIpc) is 3.23. The minimum Gasteiger partial charge on any atom is -0.497 e. The van der Waals surface area contributed by atoms with E-state index in [0.717, 1.165) is 71.5 Å². The number of fused-ring (bicyclic) bond motifs is 1. The van der Waals surface area contributed by atoms with E-state index in [9.17, 15) is 4.79 Å². The van der Waals surface area contributed by atoms with Gasteiger partial charge in [-0.25, -0.2) is 9.97 Å². The van der Waals surface area contributed by atoms with Crippen LogP contribution in [-0.2, 0) is 4.79 Å². The number of benzene rings is 1. The lowest BCUT2D eigenvalue weighted by molar-refractivity contribution is -0.135. The zero-order valence-corrected chi connectivity index (χ0v) is 18.6. The van der Waals surface area contributed by atoms with E-state index in [1.54, 1.807) is 18.4 Å². The topological polar surface area (TPSA) is 58.6 Å². The van der Waals surface area contributed by atoms with Gasteiger partial charge in [0.1, 0.15) is 16.1 Å². The maximum atomic E-state index is 12.6. The third-order valence-corrected chi connectivity index (χ3v) is 6.85. The first-order valence-electron chi connectivity index (χ1n) is 10.6. The van der Waals surface area contributed by atoms with Gasteiger partial charge in [0.2, 0.25) is 5.91 Å². The molecule has 0 atom stereocenters. The highest BCUT2D eigenvalue weighted by molar-refractivity contribution is 7.21. The van der Waals surface area contributed by atoms with Gasteiger partial charge in [-0.1, -0.05) is 11.3 Å². The Morgan fingerprint density at radius 3 is 2.43 bits per heavy atom. The largest absolute Gasteiger partial charge is 0.497 e. The summed E-state index contributed by atoms with van der Waals surface area (Å²) in [5, 5.41) is 0.998. The highest BCUT2D eigenvalue weighted by Crippen LogP contribution is 2.32. The van der Waals surface area contributed by atoms with Crippen molar-refractivity contribution in [3.05, 3.63) is 36.4 Å². The average molecular weight is 425 g/mol. The maximum Gasteiger partial charge on any atom is 0.225 e. The number of thiazole rings is 1. The van der Waals surface area contributed by atoms with Crippen molar-refractivity contribution in [2.75, 3.05) is 38.2 Å². The van der Waals surface area contributed by atoms with E-state index in [1.165, 1.54) is 0 Å². The van der Waals surface area contributed by atoms with Gasteiger partial charge in [-0.05, 0) is 63.1 Å². The van der Waals surface area contributed by atoms with Crippen LogP contribution in [0.3, 0.4) is 0 Å². The fourth-order valence-corrected chi connectivity index (χ4v) is 4.97. The van der Waals surface area contributed by atoms with Crippen LogP contribution in [0, 0.1) is 5.92 Å². The number of aromatic nitrogens is 2. The summed E-state index contributed by atoms with van der Waals surface area (Å²) in [6.45, 7) is 7.40. The Morgan fingerprint density at radius 2 is 1.80 bits per heavy atom. The molecular weight excluding hydrogens is 396 g/mol. The van der Waals surface area contributed by atoms with Crippen molar-refractivity contribution in [3.8, 4) is 17.0 Å². The van der Waals surface area contributed by atoms with Crippen molar-refractivity contribution in [3.63, 3.8) is 0 Å². The Balaban J connectivity index is 1.47. The number of nitrogens with zero attached hydrogens (tertiary/aromatic N) is 4. The summed E-state index contributed by atoms with van der Waals surface area (Å²) < 4.78 is 5.24. The summed E-state index contributed by atoms with van der Waals surface area (Å²) in [7, 11) is 1.67. The van der Waals surface area contributed by atoms with E-state index in [2.05, 4.69) is 4.90 Å². The molecule has 1 aliphatic heterocycles. The highest BCUT2D eigenvalue weighted by Gasteiger charge is 2.28. The van der Waals surface area contributed by atoms with Crippen LogP contribution in [0.2, 0.25) is 0 Å². The third-order valence-electron chi connectivity index (χ3n) is 5.82. The van der Waals surface area contributed by atoms with E-state index >= 15 is 0 Å². The van der Waals surface area contributed by atoms with Gasteiger partial charge in [0, 0.05) is 37.7 Å². The monoisotopic (exact) mass is 424 g/mol. The lowest BCUT2D eigenvalue weighted by atomic mass is 9.95. The molecule has 3 heterocycles. The van der Waals surface area contributed by atoms with E-state index in [1.807, 2.05) is 55.1 Å².